The van der Waals surface area contributed by atoms with Gasteiger partial charge in [0.1, 0.15) is 5.82 Å². The third-order valence-corrected chi connectivity index (χ3v) is 4.44. The lowest BCUT2D eigenvalue weighted by molar-refractivity contribution is 0.102. The zero-order valence-corrected chi connectivity index (χ0v) is 12.6. The Hall–Kier alpha value is -1.98. The number of nitrogens with one attached hydrogen (secondary N) is 1. The summed E-state index contributed by atoms with van der Waals surface area (Å²) in [4.78, 5) is 16.4. The molecule has 0 radical (unpaired) electrons. The van der Waals surface area contributed by atoms with Crippen LogP contribution in [0.3, 0.4) is 0 Å². The number of benzene rings is 2. The van der Waals surface area contributed by atoms with Crippen LogP contribution in [0.1, 0.15) is 15.9 Å². The van der Waals surface area contributed by atoms with Crippen molar-refractivity contribution < 1.29 is 9.18 Å². The van der Waals surface area contributed by atoms with Crippen LogP contribution in [0.15, 0.2) is 36.4 Å². The predicted molar refractivity (Wildman–Crippen MR) is 83.7 cm³/mol. The van der Waals surface area contributed by atoms with Crippen LogP contribution >= 0.6 is 22.9 Å². The Bertz CT molecular complexity index is 808. The van der Waals surface area contributed by atoms with Crippen molar-refractivity contribution >= 4 is 44.2 Å². The van der Waals surface area contributed by atoms with Gasteiger partial charge in [0.25, 0.3) is 5.91 Å². The molecular formula is C15H10ClFN2OS. The van der Waals surface area contributed by atoms with Crippen LogP contribution in [0, 0.1) is 12.7 Å². The number of halogens is 2. The lowest BCUT2D eigenvalue weighted by Crippen LogP contribution is -2.11. The third kappa shape index (κ3) is 2.75. The molecule has 1 aromatic heterocycles. The highest BCUT2D eigenvalue weighted by molar-refractivity contribution is 7.23. The Morgan fingerprint density at radius 2 is 2.14 bits per heavy atom. The van der Waals surface area contributed by atoms with Crippen LogP contribution < -0.4 is 5.32 Å². The lowest BCUT2D eigenvalue weighted by Gasteiger charge is -2.01. The number of carbonyl (C=O) groups excluding carboxylic acids is 1. The van der Waals surface area contributed by atoms with E-state index in [0.717, 1.165) is 15.8 Å². The molecule has 2 aromatic carbocycles. The molecule has 3 rings (SSSR count). The van der Waals surface area contributed by atoms with Crippen molar-refractivity contribution in [2.75, 3.05) is 5.32 Å². The smallest absolute Gasteiger partial charge is 0.257 e. The van der Waals surface area contributed by atoms with E-state index < -0.39 is 11.7 Å². The van der Waals surface area contributed by atoms with Crippen LogP contribution in [0.4, 0.5) is 9.52 Å². The van der Waals surface area contributed by atoms with Gasteiger partial charge >= 0.3 is 0 Å². The molecule has 0 atom stereocenters. The van der Waals surface area contributed by atoms with Crippen molar-refractivity contribution in [1.82, 2.24) is 4.98 Å². The summed E-state index contributed by atoms with van der Waals surface area (Å²) < 4.78 is 14.0. The Kier molecular flexibility index (Phi) is 3.61. The van der Waals surface area contributed by atoms with Crippen molar-refractivity contribution in [3.8, 4) is 0 Å². The van der Waals surface area contributed by atoms with Crippen molar-refractivity contribution in [2.24, 2.45) is 0 Å². The largest absolute Gasteiger partial charge is 0.298 e. The first-order chi connectivity index (χ1) is 10.0. The highest BCUT2D eigenvalue weighted by Crippen LogP contribution is 2.33. The molecule has 0 fully saturated rings. The van der Waals surface area contributed by atoms with E-state index in [9.17, 15) is 9.18 Å². The SMILES string of the molecule is Cc1ccc(Cl)c2sc(NC(=O)c3cccc(F)c3)nc12. The Morgan fingerprint density at radius 1 is 1.33 bits per heavy atom. The van der Waals surface area contributed by atoms with Crippen LogP contribution in [0.5, 0.6) is 0 Å². The number of rotatable bonds is 2. The molecule has 3 aromatic rings. The monoisotopic (exact) mass is 320 g/mol. The summed E-state index contributed by atoms with van der Waals surface area (Å²) in [6.07, 6.45) is 0. The first-order valence-corrected chi connectivity index (χ1v) is 7.36. The summed E-state index contributed by atoms with van der Waals surface area (Å²) in [5, 5.41) is 3.71. The number of anilines is 1. The second-order valence-corrected chi connectivity index (χ2v) is 5.93. The molecule has 0 saturated carbocycles. The average molecular weight is 321 g/mol. The summed E-state index contributed by atoms with van der Waals surface area (Å²) in [7, 11) is 0. The molecule has 1 N–H and O–H groups in total. The minimum Gasteiger partial charge on any atom is -0.298 e. The normalized spacial score (nSPS) is 10.8. The van der Waals surface area contributed by atoms with E-state index >= 15 is 0 Å². The molecule has 0 spiro atoms. The minimum absolute atomic E-state index is 0.247. The van der Waals surface area contributed by atoms with Gasteiger partial charge in [-0.05, 0) is 36.8 Å². The first kappa shape index (κ1) is 14.0. The van der Waals surface area contributed by atoms with Crippen molar-refractivity contribution in [2.45, 2.75) is 6.92 Å². The highest BCUT2D eigenvalue weighted by Gasteiger charge is 2.13. The van der Waals surface area contributed by atoms with Gasteiger partial charge in [0.05, 0.1) is 15.2 Å². The van der Waals surface area contributed by atoms with Crippen molar-refractivity contribution in [1.29, 1.82) is 0 Å². The molecule has 0 aliphatic carbocycles. The van der Waals surface area contributed by atoms with Gasteiger partial charge in [0, 0.05) is 5.56 Å². The number of carbonyl (C=O) groups is 1. The number of aromatic nitrogens is 1. The number of fused-ring (bicyclic) bond motifs is 1. The molecule has 21 heavy (non-hydrogen) atoms. The molecule has 1 heterocycles. The van der Waals surface area contributed by atoms with Crippen LogP contribution in [-0.2, 0) is 0 Å². The summed E-state index contributed by atoms with van der Waals surface area (Å²) in [6, 6.07) is 9.18. The maximum atomic E-state index is 13.1. The van der Waals surface area contributed by atoms with E-state index in [2.05, 4.69) is 10.3 Å². The summed E-state index contributed by atoms with van der Waals surface area (Å²) in [6.45, 7) is 1.93. The zero-order chi connectivity index (χ0) is 15.0. The van der Waals surface area contributed by atoms with Crippen LogP contribution in [0.25, 0.3) is 10.2 Å². The average Bonchev–Trinajstić information content (AvgIpc) is 2.88. The highest BCUT2D eigenvalue weighted by atomic mass is 35.5. The Balaban J connectivity index is 1.93. The fourth-order valence-electron chi connectivity index (χ4n) is 1.95. The fraction of sp³-hybridized carbons (Fsp3) is 0.0667. The lowest BCUT2D eigenvalue weighted by atomic mass is 10.2. The van der Waals surface area contributed by atoms with Crippen molar-refractivity contribution in [3.63, 3.8) is 0 Å². The molecule has 0 unspecified atom stereocenters. The number of hydrogen-bond acceptors (Lipinski definition) is 3. The number of aryl methyl sites for hydroxylation is 1. The molecular weight excluding hydrogens is 311 g/mol. The number of nitrogens with zero attached hydrogens (tertiary/aromatic N) is 1. The Labute approximate surface area is 129 Å². The van der Waals surface area contributed by atoms with E-state index in [0.29, 0.717) is 10.2 Å². The Morgan fingerprint density at radius 3 is 2.86 bits per heavy atom. The van der Waals surface area contributed by atoms with E-state index in [1.54, 1.807) is 12.1 Å². The van der Waals surface area contributed by atoms with Gasteiger partial charge in [0.15, 0.2) is 5.13 Å². The maximum Gasteiger partial charge on any atom is 0.257 e. The summed E-state index contributed by atoms with van der Waals surface area (Å²) in [5.41, 5.74) is 2.00. The van der Waals surface area contributed by atoms with Gasteiger partial charge in [-0.3, -0.25) is 10.1 Å². The van der Waals surface area contributed by atoms with E-state index in [4.69, 9.17) is 11.6 Å². The van der Waals surface area contributed by atoms with Gasteiger partial charge in [-0.2, -0.15) is 0 Å². The molecule has 106 valence electrons. The van der Waals surface area contributed by atoms with Gasteiger partial charge < -0.3 is 0 Å². The number of hydrogen-bond donors (Lipinski definition) is 1. The topological polar surface area (TPSA) is 42.0 Å². The van der Waals surface area contributed by atoms with Gasteiger partial charge in [0.2, 0.25) is 0 Å². The van der Waals surface area contributed by atoms with E-state index in [1.165, 1.54) is 29.5 Å². The number of thiazole rings is 1. The molecule has 0 bridgehead atoms. The van der Waals surface area contributed by atoms with Crippen LogP contribution in [0.2, 0.25) is 5.02 Å². The van der Waals surface area contributed by atoms with E-state index in [-0.39, 0.29) is 5.56 Å². The van der Waals surface area contributed by atoms with Crippen LogP contribution in [-0.4, -0.2) is 10.9 Å². The van der Waals surface area contributed by atoms with Gasteiger partial charge in [-0.1, -0.05) is 35.1 Å². The molecule has 0 saturated heterocycles. The van der Waals surface area contributed by atoms with Gasteiger partial charge in [-0.15, -0.1) is 0 Å². The molecule has 0 aliphatic rings. The van der Waals surface area contributed by atoms with Crippen molar-refractivity contribution in [3.05, 3.63) is 58.4 Å². The second-order valence-electron chi connectivity index (χ2n) is 4.53. The minimum atomic E-state index is -0.453. The molecule has 0 aliphatic heterocycles. The van der Waals surface area contributed by atoms with E-state index in [1.807, 2.05) is 13.0 Å². The number of amides is 1. The first-order valence-electron chi connectivity index (χ1n) is 6.17. The standard InChI is InChI=1S/C15H10ClFN2OS/c1-8-5-6-11(16)13-12(8)18-15(21-13)19-14(20)9-3-2-4-10(17)7-9/h2-7H,1H3,(H,18,19,20). The maximum absolute atomic E-state index is 13.1. The fourth-order valence-corrected chi connectivity index (χ4v) is 3.17. The molecule has 6 heteroatoms. The predicted octanol–water partition coefficient (Wildman–Crippen LogP) is 4.65. The summed E-state index contributed by atoms with van der Waals surface area (Å²) >= 11 is 7.42. The summed E-state index contributed by atoms with van der Waals surface area (Å²) in [5.74, 6) is -0.854. The quantitative estimate of drug-likeness (QED) is 0.746. The molecule has 3 nitrogen and oxygen atoms in total. The second kappa shape index (κ2) is 5.42. The zero-order valence-electron chi connectivity index (χ0n) is 11.0. The third-order valence-electron chi connectivity index (χ3n) is 3.00. The molecule has 1 amide bonds. The van der Waals surface area contributed by atoms with Gasteiger partial charge in [-0.25, -0.2) is 9.37 Å².